The second-order valence-electron chi connectivity index (χ2n) is 3.27. The Kier molecular flexibility index (Phi) is 4.31. The maximum Gasteiger partial charge on any atom is 0.210 e. The lowest BCUT2D eigenvalue weighted by atomic mass is 10.3. The molecule has 0 radical (unpaired) electrons. The molecule has 0 amide bonds. The highest BCUT2D eigenvalue weighted by atomic mass is 32.2. The summed E-state index contributed by atoms with van der Waals surface area (Å²) < 4.78 is 26.6. The van der Waals surface area contributed by atoms with Crippen LogP contribution in [-0.4, -0.2) is 20.7 Å². The molecule has 0 fully saturated rings. The van der Waals surface area contributed by atoms with Gasteiger partial charge in [0.25, 0.3) is 0 Å². The van der Waals surface area contributed by atoms with Crippen LogP contribution in [0.2, 0.25) is 0 Å². The number of primary sulfonamides is 1. The van der Waals surface area contributed by atoms with Crippen LogP contribution in [0.1, 0.15) is 18.4 Å². The molecule has 3 N–H and O–H groups in total. The number of furan rings is 1. The molecule has 0 bridgehead atoms. The molecular formula is C9H16N2O3S. The SMILES string of the molecule is CCc1ccc(CNCCS(N)(=O)=O)o1. The van der Waals surface area contributed by atoms with Crippen LogP contribution in [0.5, 0.6) is 0 Å². The van der Waals surface area contributed by atoms with E-state index in [-0.39, 0.29) is 5.75 Å². The highest BCUT2D eigenvalue weighted by molar-refractivity contribution is 7.89. The van der Waals surface area contributed by atoms with Crippen molar-refractivity contribution in [3.8, 4) is 0 Å². The van der Waals surface area contributed by atoms with Crippen molar-refractivity contribution in [1.29, 1.82) is 0 Å². The van der Waals surface area contributed by atoms with Gasteiger partial charge in [0.1, 0.15) is 11.5 Å². The monoisotopic (exact) mass is 232 g/mol. The second-order valence-corrected chi connectivity index (χ2v) is 5.00. The van der Waals surface area contributed by atoms with Crippen molar-refractivity contribution in [2.45, 2.75) is 19.9 Å². The van der Waals surface area contributed by atoms with E-state index in [1.807, 2.05) is 19.1 Å². The normalized spacial score (nSPS) is 11.9. The molecule has 0 aliphatic heterocycles. The van der Waals surface area contributed by atoms with Crippen molar-refractivity contribution >= 4 is 10.0 Å². The molecule has 0 saturated carbocycles. The Balaban J connectivity index is 2.26. The van der Waals surface area contributed by atoms with Crippen molar-refractivity contribution in [2.24, 2.45) is 5.14 Å². The van der Waals surface area contributed by atoms with E-state index in [9.17, 15) is 8.42 Å². The van der Waals surface area contributed by atoms with Crippen LogP contribution < -0.4 is 10.5 Å². The summed E-state index contributed by atoms with van der Waals surface area (Å²) in [5.41, 5.74) is 0. The van der Waals surface area contributed by atoms with Crippen LogP contribution in [0.4, 0.5) is 0 Å². The maximum absolute atomic E-state index is 10.6. The summed E-state index contributed by atoms with van der Waals surface area (Å²) in [6, 6.07) is 3.79. The summed E-state index contributed by atoms with van der Waals surface area (Å²) >= 11 is 0. The van der Waals surface area contributed by atoms with Crippen LogP contribution in [0, 0.1) is 0 Å². The molecule has 0 spiro atoms. The molecule has 1 aromatic heterocycles. The van der Waals surface area contributed by atoms with Gasteiger partial charge in [0.05, 0.1) is 12.3 Å². The highest BCUT2D eigenvalue weighted by Gasteiger charge is 2.03. The summed E-state index contributed by atoms with van der Waals surface area (Å²) in [7, 11) is -3.37. The van der Waals surface area contributed by atoms with Crippen LogP contribution in [0.25, 0.3) is 0 Å². The maximum atomic E-state index is 10.6. The van der Waals surface area contributed by atoms with Crippen molar-refractivity contribution in [3.05, 3.63) is 23.7 Å². The van der Waals surface area contributed by atoms with Crippen molar-refractivity contribution in [1.82, 2.24) is 5.32 Å². The molecule has 0 aliphatic rings. The lowest BCUT2D eigenvalue weighted by molar-refractivity contribution is 0.453. The summed E-state index contributed by atoms with van der Waals surface area (Å²) in [5, 5.41) is 7.79. The number of rotatable bonds is 6. The fraction of sp³-hybridized carbons (Fsp3) is 0.556. The van der Waals surface area contributed by atoms with E-state index in [1.165, 1.54) is 0 Å². The first-order chi connectivity index (χ1) is 7.01. The fourth-order valence-corrected chi connectivity index (χ4v) is 1.56. The predicted octanol–water partition coefficient (Wildman–Crippen LogP) is 0.220. The molecule has 1 rings (SSSR count). The molecule has 1 aromatic rings. The number of nitrogens with one attached hydrogen (secondary N) is 1. The molecule has 0 saturated heterocycles. The predicted molar refractivity (Wildman–Crippen MR) is 57.8 cm³/mol. The largest absolute Gasteiger partial charge is 0.465 e. The Labute approximate surface area is 89.7 Å². The van der Waals surface area contributed by atoms with Gasteiger partial charge in [0.2, 0.25) is 10.0 Å². The minimum absolute atomic E-state index is 0.0612. The van der Waals surface area contributed by atoms with Crippen molar-refractivity contribution < 1.29 is 12.8 Å². The summed E-state index contributed by atoms with van der Waals surface area (Å²) in [6.07, 6.45) is 0.858. The van der Waals surface area contributed by atoms with E-state index in [4.69, 9.17) is 9.56 Å². The summed E-state index contributed by atoms with van der Waals surface area (Å²) in [4.78, 5) is 0. The minimum atomic E-state index is -3.37. The zero-order chi connectivity index (χ0) is 11.3. The average Bonchev–Trinajstić information content (AvgIpc) is 2.59. The smallest absolute Gasteiger partial charge is 0.210 e. The van der Waals surface area contributed by atoms with Gasteiger partial charge in [-0.3, -0.25) is 0 Å². The average molecular weight is 232 g/mol. The minimum Gasteiger partial charge on any atom is -0.465 e. The molecule has 0 aromatic carbocycles. The first-order valence-corrected chi connectivity index (χ1v) is 6.51. The molecule has 0 unspecified atom stereocenters. The Morgan fingerprint density at radius 1 is 1.40 bits per heavy atom. The van der Waals surface area contributed by atoms with Crippen LogP contribution in [0.3, 0.4) is 0 Å². The molecule has 1 heterocycles. The Bertz CT molecular complexity index is 397. The zero-order valence-electron chi connectivity index (χ0n) is 8.69. The fourth-order valence-electron chi connectivity index (χ4n) is 1.13. The van der Waals surface area contributed by atoms with Gasteiger partial charge in [-0.2, -0.15) is 0 Å². The summed E-state index contributed by atoms with van der Waals surface area (Å²) in [5.74, 6) is 1.67. The number of aryl methyl sites for hydroxylation is 1. The first kappa shape index (κ1) is 12.2. The number of sulfonamides is 1. The highest BCUT2D eigenvalue weighted by Crippen LogP contribution is 2.07. The number of hydrogen-bond donors (Lipinski definition) is 2. The van der Waals surface area contributed by atoms with E-state index in [2.05, 4.69) is 5.32 Å². The van der Waals surface area contributed by atoms with Gasteiger partial charge in [0.15, 0.2) is 0 Å². The van der Waals surface area contributed by atoms with E-state index in [0.717, 1.165) is 17.9 Å². The van der Waals surface area contributed by atoms with Crippen LogP contribution in [-0.2, 0) is 23.0 Å². The van der Waals surface area contributed by atoms with Gasteiger partial charge in [-0.15, -0.1) is 0 Å². The molecule has 0 aliphatic carbocycles. The van der Waals surface area contributed by atoms with Gasteiger partial charge in [0, 0.05) is 13.0 Å². The summed E-state index contributed by atoms with van der Waals surface area (Å²) in [6.45, 7) is 2.87. The third-order valence-electron chi connectivity index (χ3n) is 1.93. The Morgan fingerprint density at radius 2 is 2.07 bits per heavy atom. The molecule has 0 atom stereocenters. The van der Waals surface area contributed by atoms with E-state index in [1.54, 1.807) is 0 Å². The van der Waals surface area contributed by atoms with E-state index in [0.29, 0.717) is 13.1 Å². The molecule has 5 nitrogen and oxygen atoms in total. The first-order valence-electron chi connectivity index (χ1n) is 4.80. The van der Waals surface area contributed by atoms with Gasteiger partial charge in [-0.1, -0.05) is 6.92 Å². The topological polar surface area (TPSA) is 85.3 Å². The number of hydrogen-bond acceptors (Lipinski definition) is 4. The molecule has 15 heavy (non-hydrogen) atoms. The third kappa shape index (κ3) is 4.96. The van der Waals surface area contributed by atoms with Gasteiger partial charge >= 0.3 is 0 Å². The third-order valence-corrected chi connectivity index (χ3v) is 2.70. The van der Waals surface area contributed by atoms with Crippen LogP contribution >= 0.6 is 0 Å². The Hall–Kier alpha value is -0.850. The van der Waals surface area contributed by atoms with Crippen LogP contribution in [0.15, 0.2) is 16.5 Å². The second kappa shape index (κ2) is 5.29. The molecular weight excluding hydrogens is 216 g/mol. The quantitative estimate of drug-likeness (QED) is 0.687. The van der Waals surface area contributed by atoms with E-state index >= 15 is 0 Å². The van der Waals surface area contributed by atoms with Crippen molar-refractivity contribution in [3.63, 3.8) is 0 Å². The zero-order valence-corrected chi connectivity index (χ0v) is 9.51. The lowest BCUT2D eigenvalue weighted by Crippen LogP contribution is -2.26. The molecule has 86 valence electrons. The molecule has 6 heteroatoms. The lowest BCUT2D eigenvalue weighted by Gasteiger charge is -2.00. The van der Waals surface area contributed by atoms with Gasteiger partial charge in [-0.25, -0.2) is 13.6 Å². The van der Waals surface area contributed by atoms with Crippen molar-refractivity contribution in [2.75, 3.05) is 12.3 Å². The van der Waals surface area contributed by atoms with Gasteiger partial charge in [-0.05, 0) is 12.1 Å². The standard InChI is InChI=1S/C9H16N2O3S/c1-2-8-3-4-9(14-8)7-11-5-6-15(10,12)13/h3-4,11H,2,5-7H2,1H3,(H2,10,12,13). The Morgan fingerprint density at radius 3 is 2.60 bits per heavy atom. The van der Waals surface area contributed by atoms with E-state index < -0.39 is 10.0 Å². The van der Waals surface area contributed by atoms with Gasteiger partial charge < -0.3 is 9.73 Å². The number of nitrogens with two attached hydrogens (primary N) is 1.